The van der Waals surface area contributed by atoms with E-state index in [9.17, 15) is 8.42 Å². The number of rotatable bonds is 7. The number of hydrogen-bond donors (Lipinski definition) is 2. The van der Waals surface area contributed by atoms with Crippen molar-refractivity contribution < 1.29 is 17.9 Å². The van der Waals surface area contributed by atoms with Crippen LogP contribution in [0.3, 0.4) is 0 Å². The molecule has 0 fully saturated rings. The Hall–Kier alpha value is -3.02. The molecule has 8 heteroatoms. The predicted octanol–water partition coefficient (Wildman–Crippen LogP) is 1.80. The molecule has 0 atom stereocenters. The van der Waals surface area contributed by atoms with Gasteiger partial charge in [0.25, 0.3) is 0 Å². The fourth-order valence-electron chi connectivity index (χ4n) is 1.90. The molecule has 0 saturated heterocycles. The number of primary sulfonamides is 1. The average Bonchev–Trinajstić information content (AvgIpc) is 2.60. The molecule has 130 valence electrons. The highest BCUT2D eigenvalue weighted by Crippen LogP contribution is 2.27. The molecule has 2 aromatic rings. The average molecular weight is 359 g/mol. The van der Waals surface area contributed by atoms with Crippen molar-refractivity contribution >= 4 is 21.9 Å². The summed E-state index contributed by atoms with van der Waals surface area (Å²) in [4.78, 5) is 0.0364. The summed E-state index contributed by atoms with van der Waals surface area (Å²) in [5.74, 6) is 3.47. The van der Waals surface area contributed by atoms with E-state index >= 15 is 0 Å². The minimum atomic E-state index is -3.71. The molecule has 3 N–H and O–H groups in total. The molecule has 0 spiro atoms. The van der Waals surface area contributed by atoms with Crippen molar-refractivity contribution in [1.82, 2.24) is 0 Å². The summed E-state index contributed by atoms with van der Waals surface area (Å²) in [6.07, 6.45) is 6.75. The summed E-state index contributed by atoms with van der Waals surface area (Å²) in [6, 6.07) is 11.2. The summed E-state index contributed by atoms with van der Waals surface area (Å²) >= 11 is 0. The summed E-state index contributed by atoms with van der Waals surface area (Å²) in [5, 5.41) is 9.13. The summed E-state index contributed by atoms with van der Waals surface area (Å²) < 4.78 is 33.0. The molecule has 0 radical (unpaired) electrons. The van der Waals surface area contributed by atoms with E-state index in [2.05, 4.69) is 16.4 Å². The summed E-state index contributed by atoms with van der Waals surface area (Å²) in [5.41, 5.74) is 4.19. The van der Waals surface area contributed by atoms with Crippen LogP contribution in [0.2, 0.25) is 0 Å². The van der Waals surface area contributed by atoms with Crippen LogP contribution in [0.4, 0.5) is 5.69 Å². The van der Waals surface area contributed by atoms with Gasteiger partial charge in [-0.2, -0.15) is 5.10 Å². The van der Waals surface area contributed by atoms with Crippen LogP contribution < -0.4 is 20.0 Å². The van der Waals surface area contributed by atoms with Crippen LogP contribution >= 0.6 is 0 Å². The van der Waals surface area contributed by atoms with Gasteiger partial charge in [0, 0.05) is 0 Å². The molecule has 0 aliphatic carbocycles. The third kappa shape index (κ3) is 5.24. The van der Waals surface area contributed by atoms with E-state index in [-0.39, 0.29) is 11.5 Å². The molecule has 2 aromatic carbocycles. The Morgan fingerprint density at radius 2 is 1.96 bits per heavy atom. The van der Waals surface area contributed by atoms with E-state index in [1.54, 1.807) is 36.5 Å². The first-order valence-corrected chi connectivity index (χ1v) is 8.65. The van der Waals surface area contributed by atoms with Crippen LogP contribution in [0.1, 0.15) is 5.56 Å². The zero-order valence-electron chi connectivity index (χ0n) is 13.5. The second-order valence-corrected chi connectivity index (χ2v) is 6.40. The standard InChI is InChI=1S/C17H17N3O4S/c1-3-10-24-16-9-4-13(11-17(16)23-2)12-19-20-14-5-7-15(8-6-14)25(18,21)22/h1,4-9,11-12,20H,10H2,2H3,(H2,18,21,22). The van der Waals surface area contributed by atoms with E-state index in [1.165, 1.54) is 19.2 Å². The van der Waals surface area contributed by atoms with Crippen LogP contribution in [0.15, 0.2) is 52.5 Å². The number of nitrogens with zero attached hydrogens (tertiary/aromatic N) is 1. The smallest absolute Gasteiger partial charge is 0.238 e. The van der Waals surface area contributed by atoms with Gasteiger partial charge in [0.15, 0.2) is 11.5 Å². The molecule has 0 aliphatic heterocycles. The van der Waals surface area contributed by atoms with Gasteiger partial charge in [-0.3, -0.25) is 5.43 Å². The Bertz CT molecular complexity index is 900. The number of terminal acetylenes is 1. The van der Waals surface area contributed by atoms with Crippen molar-refractivity contribution in [2.45, 2.75) is 4.90 Å². The zero-order chi connectivity index (χ0) is 18.3. The fourth-order valence-corrected chi connectivity index (χ4v) is 2.42. The number of benzene rings is 2. The van der Waals surface area contributed by atoms with Gasteiger partial charge in [0.2, 0.25) is 10.0 Å². The van der Waals surface area contributed by atoms with Gasteiger partial charge in [0.05, 0.1) is 23.9 Å². The highest BCUT2D eigenvalue weighted by molar-refractivity contribution is 7.89. The lowest BCUT2D eigenvalue weighted by molar-refractivity contribution is 0.331. The second kappa shape index (κ2) is 8.19. The molecule has 0 amide bonds. The van der Waals surface area contributed by atoms with Crippen LogP contribution in [0, 0.1) is 12.3 Å². The molecule has 0 saturated carbocycles. The minimum Gasteiger partial charge on any atom is -0.493 e. The molecule has 0 aliphatic rings. The van der Waals surface area contributed by atoms with Crippen molar-refractivity contribution in [2.24, 2.45) is 10.2 Å². The summed E-state index contributed by atoms with van der Waals surface area (Å²) in [7, 11) is -2.17. The van der Waals surface area contributed by atoms with Gasteiger partial charge >= 0.3 is 0 Å². The molecular weight excluding hydrogens is 342 g/mol. The minimum absolute atomic E-state index is 0.0364. The van der Waals surface area contributed by atoms with Crippen LogP contribution in [0.25, 0.3) is 0 Å². The third-order valence-corrected chi connectivity index (χ3v) is 4.02. The molecule has 25 heavy (non-hydrogen) atoms. The maximum atomic E-state index is 11.2. The maximum Gasteiger partial charge on any atom is 0.238 e. The highest BCUT2D eigenvalue weighted by atomic mass is 32.2. The second-order valence-electron chi connectivity index (χ2n) is 4.84. The van der Waals surface area contributed by atoms with Gasteiger partial charge < -0.3 is 9.47 Å². The van der Waals surface area contributed by atoms with Crippen molar-refractivity contribution in [3.8, 4) is 23.8 Å². The number of anilines is 1. The van der Waals surface area contributed by atoms with E-state index in [1.807, 2.05) is 0 Å². The molecule has 0 aromatic heterocycles. The lowest BCUT2D eigenvalue weighted by Crippen LogP contribution is -2.11. The quantitative estimate of drug-likeness (QED) is 0.446. The first-order valence-electron chi connectivity index (χ1n) is 7.10. The maximum absolute atomic E-state index is 11.2. The molecule has 0 heterocycles. The molecule has 2 rings (SSSR count). The zero-order valence-corrected chi connectivity index (χ0v) is 14.3. The summed E-state index contributed by atoms with van der Waals surface area (Å²) in [6.45, 7) is 0.153. The molecule has 0 unspecified atom stereocenters. The number of nitrogens with one attached hydrogen (secondary N) is 1. The first kappa shape index (κ1) is 18.3. The number of methoxy groups -OCH3 is 1. The monoisotopic (exact) mass is 359 g/mol. The van der Waals surface area contributed by atoms with Gasteiger partial charge in [-0.15, -0.1) is 6.42 Å². The number of sulfonamides is 1. The number of hydrogen-bond acceptors (Lipinski definition) is 6. The van der Waals surface area contributed by atoms with E-state index < -0.39 is 10.0 Å². The van der Waals surface area contributed by atoms with Crippen molar-refractivity contribution in [2.75, 3.05) is 19.1 Å². The van der Waals surface area contributed by atoms with Crippen LogP contribution in [0.5, 0.6) is 11.5 Å². The Balaban J connectivity index is 2.05. The third-order valence-electron chi connectivity index (χ3n) is 3.09. The normalized spacial score (nSPS) is 11.1. The van der Waals surface area contributed by atoms with E-state index in [0.29, 0.717) is 17.2 Å². The SMILES string of the molecule is C#CCOc1ccc(C=NNc2ccc(S(N)(=O)=O)cc2)cc1OC. The van der Waals surface area contributed by atoms with Gasteiger partial charge in [-0.05, 0) is 48.0 Å². The molecular formula is C17H17N3O4S. The molecule has 0 bridgehead atoms. The first-order chi connectivity index (χ1) is 11.9. The Morgan fingerprint density at radius 3 is 2.56 bits per heavy atom. The van der Waals surface area contributed by atoms with Crippen molar-refractivity contribution in [1.29, 1.82) is 0 Å². The topological polar surface area (TPSA) is 103 Å². The van der Waals surface area contributed by atoms with Gasteiger partial charge in [0.1, 0.15) is 6.61 Å². The predicted molar refractivity (Wildman–Crippen MR) is 96.4 cm³/mol. The fraction of sp³-hybridized carbons (Fsp3) is 0.118. The number of ether oxygens (including phenoxy) is 2. The van der Waals surface area contributed by atoms with Gasteiger partial charge in [-0.1, -0.05) is 5.92 Å². The number of hydrazone groups is 1. The largest absolute Gasteiger partial charge is 0.493 e. The lowest BCUT2D eigenvalue weighted by Gasteiger charge is -2.09. The van der Waals surface area contributed by atoms with Crippen LogP contribution in [-0.4, -0.2) is 28.3 Å². The van der Waals surface area contributed by atoms with E-state index in [4.69, 9.17) is 21.0 Å². The van der Waals surface area contributed by atoms with E-state index in [0.717, 1.165) is 5.56 Å². The van der Waals surface area contributed by atoms with Crippen LogP contribution in [-0.2, 0) is 10.0 Å². The van der Waals surface area contributed by atoms with Crippen molar-refractivity contribution in [3.63, 3.8) is 0 Å². The highest BCUT2D eigenvalue weighted by Gasteiger charge is 2.06. The Labute approximate surface area is 146 Å². The van der Waals surface area contributed by atoms with Gasteiger partial charge in [-0.25, -0.2) is 13.6 Å². The Kier molecular flexibility index (Phi) is 6.00. The van der Waals surface area contributed by atoms with Crippen molar-refractivity contribution in [3.05, 3.63) is 48.0 Å². The lowest BCUT2D eigenvalue weighted by atomic mass is 10.2. The number of nitrogens with two attached hydrogens (primary N) is 1. The Morgan fingerprint density at radius 1 is 1.24 bits per heavy atom. The molecule has 7 nitrogen and oxygen atoms in total.